The average Bonchev–Trinajstić information content (AvgIpc) is 3.08. The van der Waals surface area contributed by atoms with Gasteiger partial charge < -0.3 is 4.74 Å². The molecule has 0 amide bonds. The summed E-state index contributed by atoms with van der Waals surface area (Å²) in [6, 6.07) is 11.9. The van der Waals surface area contributed by atoms with E-state index in [-0.39, 0.29) is 5.97 Å². The van der Waals surface area contributed by atoms with E-state index in [1.807, 2.05) is 54.8 Å². The highest BCUT2D eigenvalue weighted by Crippen LogP contribution is 2.30. The van der Waals surface area contributed by atoms with E-state index in [1.54, 1.807) is 6.20 Å². The van der Waals surface area contributed by atoms with Gasteiger partial charge in [-0.3, -0.25) is 4.79 Å². The van der Waals surface area contributed by atoms with Crippen molar-refractivity contribution in [1.82, 2.24) is 14.6 Å². The summed E-state index contributed by atoms with van der Waals surface area (Å²) in [6.07, 6.45) is 7.59. The van der Waals surface area contributed by atoms with Gasteiger partial charge in [0.2, 0.25) is 0 Å². The number of aromatic nitrogens is 3. The Bertz CT molecular complexity index is 1020. The Kier molecular flexibility index (Phi) is 7.39. The Morgan fingerprint density at radius 2 is 1.93 bits per heavy atom. The molecule has 2 aromatic heterocycles. The van der Waals surface area contributed by atoms with Crippen molar-refractivity contribution in [3.63, 3.8) is 0 Å². The molecular formula is C25H31N3O2. The van der Waals surface area contributed by atoms with Crippen LogP contribution < -0.4 is 0 Å². The van der Waals surface area contributed by atoms with Crippen molar-refractivity contribution in [3.05, 3.63) is 71.2 Å². The van der Waals surface area contributed by atoms with Crippen molar-refractivity contribution in [1.29, 1.82) is 0 Å². The zero-order valence-corrected chi connectivity index (χ0v) is 18.4. The SMILES string of the molecule is CC/C=C(\CCC)c1c(C)nn2c(C(Cc3ccccc3)C(=O)OCC)ccnc12. The van der Waals surface area contributed by atoms with Crippen LogP contribution in [-0.2, 0) is 16.0 Å². The van der Waals surface area contributed by atoms with E-state index < -0.39 is 5.92 Å². The van der Waals surface area contributed by atoms with Gasteiger partial charge in [-0.05, 0) is 50.3 Å². The Hall–Kier alpha value is -2.95. The lowest BCUT2D eigenvalue weighted by Gasteiger charge is -2.17. The second-order valence-corrected chi connectivity index (χ2v) is 7.45. The zero-order chi connectivity index (χ0) is 21.5. The van der Waals surface area contributed by atoms with Crippen molar-refractivity contribution < 1.29 is 9.53 Å². The quantitative estimate of drug-likeness (QED) is 0.440. The van der Waals surface area contributed by atoms with Gasteiger partial charge in [-0.1, -0.05) is 56.7 Å². The molecule has 0 radical (unpaired) electrons. The number of fused-ring (bicyclic) bond motifs is 1. The van der Waals surface area contributed by atoms with Crippen molar-refractivity contribution in [3.8, 4) is 0 Å². The molecule has 0 aliphatic rings. The number of rotatable bonds is 9. The Balaban J connectivity index is 2.13. The highest BCUT2D eigenvalue weighted by Gasteiger charge is 2.27. The normalized spacial score (nSPS) is 12.9. The largest absolute Gasteiger partial charge is 0.465 e. The van der Waals surface area contributed by atoms with Crippen LogP contribution in [0.25, 0.3) is 11.2 Å². The minimum atomic E-state index is -0.449. The number of hydrogen-bond acceptors (Lipinski definition) is 4. The minimum Gasteiger partial charge on any atom is -0.465 e. The standard InChI is InChI=1S/C25H31N3O2/c1-5-11-20(12-6-2)23-18(4)27-28-22(15-16-26-24(23)28)21(25(29)30-7-3)17-19-13-9-8-10-14-19/h8-11,13-16,21H,5-7,12,17H2,1-4H3/b20-11+. The number of allylic oxidation sites excluding steroid dienone is 2. The maximum absolute atomic E-state index is 12.9. The molecule has 2 heterocycles. The van der Waals surface area contributed by atoms with Crippen LogP contribution in [0.3, 0.4) is 0 Å². The predicted molar refractivity (Wildman–Crippen MR) is 120 cm³/mol. The van der Waals surface area contributed by atoms with E-state index in [0.717, 1.165) is 47.4 Å². The fourth-order valence-corrected chi connectivity index (χ4v) is 3.96. The molecule has 5 nitrogen and oxygen atoms in total. The van der Waals surface area contributed by atoms with Gasteiger partial charge in [0.05, 0.1) is 18.0 Å². The van der Waals surface area contributed by atoms with Crippen molar-refractivity contribution in [2.75, 3.05) is 6.61 Å². The first-order valence-electron chi connectivity index (χ1n) is 10.8. The first kappa shape index (κ1) is 21.8. The number of hydrogen-bond donors (Lipinski definition) is 0. The van der Waals surface area contributed by atoms with Gasteiger partial charge in [0, 0.05) is 11.8 Å². The van der Waals surface area contributed by atoms with Gasteiger partial charge in [-0.15, -0.1) is 0 Å². The van der Waals surface area contributed by atoms with Crippen molar-refractivity contribution in [2.24, 2.45) is 0 Å². The molecule has 3 aromatic rings. The Morgan fingerprint density at radius 1 is 1.17 bits per heavy atom. The zero-order valence-electron chi connectivity index (χ0n) is 18.4. The molecule has 1 aromatic carbocycles. The summed E-state index contributed by atoms with van der Waals surface area (Å²) in [7, 11) is 0. The summed E-state index contributed by atoms with van der Waals surface area (Å²) in [5.41, 5.74) is 5.99. The summed E-state index contributed by atoms with van der Waals surface area (Å²) in [5, 5.41) is 4.81. The molecule has 0 aliphatic heterocycles. The summed E-state index contributed by atoms with van der Waals surface area (Å²) >= 11 is 0. The molecule has 1 atom stereocenters. The fraction of sp³-hybridized carbons (Fsp3) is 0.400. The molecule has 0 aliphatic carbocycles. The molecule has 3 rings (SSSR count). The van der Waals surface area contributed by atoms with Crippen LogP contribution in [0.4, 0.5) is 0 Å². The monoisotopic (exact) mass is 405 g/mol. The second kappa shape index (κ2) is 10.2. The molecule has 0 fully saturated rings. The molecule has 0 N–H and O–H groups in total. The van der Waals surface area contributed by atoms with Gasteiger partial charge in [-0.25, -0.2) is 9.50 Å². The van der Waals surface area contributed by atoms with Crippen LogP contribution in [0.2, 0.25) is 0 Å². The number of aryl methyl sites for hydroxylation is 1. The maximum atomic E-state index is 12.9. The lowest BCUT2D eigenvalue weighted by atomic mass is 9.95. The number of nitrogens with zero attached hydrogens (tertiary/aromatic N) is 3. The second-order valence-electron chi connectivity index (χ2n) is 7.45. The number of benzene rings is 1. The summed E-state index contributed by atoms with van der Waals surface area (Å²) in [4.78, 5) is 17.6. The summed E-state index contributed by atoms with van der Waals surface area (Å²) in [6.45, 7) is 8.53. The maximum Gasteiger partial charge on any atom is 0.315 e. The molecule has 158 valence electrons. The van der Waals surface area contributed by atoms with Crippen molar-refractivity contribution >= 4 is 17.2 Å². The van der Waals surface area contributed by atoms with Gasteiger partial charge in [-0.2, -0.15) is 5.10 Å². The third-order valence-electron chi connectivity index (χ3n) is 5.22. The summed E-state index contributed by atoms with van der Waals surface area (Å²) in [5.74, 6) is -0.684. The molecule has 0 saturated carbocycles. The molecule has 0 saturated heterocycles. The van der Waals surface area contributed by atoms with Gasteiger partial charge in [0.15, 0.2) is 5.65 Å². The molecule has 5 heteroatoms. The van der Waals surface area contributed by atoms with Crippen LogP contribution in [0.5, 0.6) is 0 Å². The molecule has 0 bridgehead atoms. The number of ether oxygens (including phenoxy) is 1. The van der Waals surface area contributed by atoms with Gasteiger partial charge in [0.1, 0.15) is 5.92 Å². The van der Waals surface area contributed by atoms with E-state index in [9.17, 15) is 4.79 Å². The number of carbonyl (C=O) groups is 1. The lowest BCUT2D eigenvalue weighted by molar-refractivity contribution is -0.145. The van der Waals surface area contributed by atoms with Crippen LogP contribution in [0.15, 0.2) is 48.7 Å². The van der Waals surface area contributed by atoms with Crippen LogP contribution in [-0.4, -0.2) is 27.2 Å². The third kappa shape index (κ3) is 4.61. The number of carbonyl (C=O) groups excluding carboxylic acids is 1. The summed E-state index contributed by atoms with van der Waals surface area (Å²) < 4.78 is 7.27. The molecular weight excluding hydrogens is 374 g/mol. The predicted octanol–water partition coefficient (Wildman–Crippen LogP) is 5.52. The van der Waals surface area contributed by atoms with E-state index >= 15 is 0 Å². The highest BCUT2D eigenvalue weighted by molar-refractivity contribution is 5.80. The van der Waals surface area contributed by atoms with Crippen LogP contribution in [0, 0.1) is 6.92 Å². The Morgan fingerprint density at radius 3 is 2.60 bits per heavy atom. The average molecular weight is 406 g/mol. The third-order valence-corrected chi connectivity index (χ3v) is 5.22. The number of esters is 1. The molecule has 1 unspecified atom stereocenters. The fourth-order valence-electron chi connectivity index (χ4n) is 3.96. The first-order chi connectivity index (χ1) is 14.6. The van der Waals surface area contributed by atoms with E-state index in [2.05, 4.69) is 24.9 Å². The van der Waals surface area contributed by atoms with E-state index in [4.69, 9.17) is 9.84 Å². The van der Waals surface area contributed by atoms with E-state index in [0.29, 0.717) is 13.0 Å². The molecule has 0 spiro atoms. The van der Waals surface area contributed by atoms with Gasteiger partial charge >= 0.3 is 5.97 Å². The molecule has 30 heavy (non-hydrogen) atoms. The highest BCUT2D eigenvalue weighted by atomic mass is 16.5. The Labute approximate surface area is 178 Å². The lowest BCUT2D eigenvalue weighted by Crippen LogP contribution is -2.21. The van der Waals surface area contributed by atoms with Crippen molar-refractivity contribution in [2.45, 2.75) is 59.3 Å². The topological polar surface area (TPSA) is 56.5 Å². The van der Waals surface area contributed by atoms with Gasteiger partial charge in [0.25, 0.3) is 0 Å². The van der Waals surface area contributed by atoms with E-state index in [1.165, 1.54) is 5.57 Å². The smallest absolute Gasteiger partial charge is 0.315 e. The minimum absolute atomic E-state index is 0.235. The first-order valence-corrected chi connectivity index (χ1v) is 10.8. The van der Waals surface area contributed by atoms with Crippen LogP contribution >= 0.6 is 0 Å². The van der Waals surface area contributed by atoms with Crippen LogP contribution in [0.1, 0.15) is 68.5 Å².